The quantitative estimate of drug-likeness (QED) is 0.793. The fourth-order valence-corrected chi connectivity index (χ4v) is 3.34. The lowest BCUT2D eigenvalue weighted by atomic mass is 9.93. The third kappa shape index (κ3) is 2.63. The Bertz CT molecular complexity index is 397. The standard InChI is InChI=1S/C13H16BrFO2/c1-8-10(5-6-17-8)13(14)11-7-9(15)3-4-12(11)16-2/h3-4,7-8,10,13H,5-6H2,1-2H3. The van der Waals surface area contributed by atoms with E-state index >= 15 is 0 Å². The molecule has 0 bridgehead atoms. The van der Waals surface area contributed by atoms with Gasteiger partial charge in [0.15, 0.2) is 0 Å². The van der Waals surface area contributed by atoms with E-state index in [9.17, 15) is 4.39 Å². The van der Waals surface area contributed by atoms with Crippen LogP contribution in [0.3, 0.4) is 0 Å². The maximum Gasteiger partial charge on any atom is 0.123 e. The summed E-state index contributed by atoms with van der Waals surface area (Å²) in [5.41, 5.74) is 0.856. The Morgan fingerprint density at radius 1 is 1.53 bits per heavy atom. The molecule has 0 amide bonds. The van der Waals surface area contributed by atoms with Gasteiger partial charge in [0.1, 0.15) is 11.6 Å². The number of methoxy groups -OCH3 is 1. The summed E-state index contributed by atoms with van der Waals surface area (Å²) < 4.78 is 24.1. The fourth-order valence-electron chi connectivity index (χ4n) is 2.28. The monoisotopic (exact) mass is 302 g/mol. The lowest BCUT2D eigenvalue weighted by molar-refractivity contribution is 0.105. The molecule has 0 saturated carbocycles. The average molecular weight is 303 g/mol. The van der Waals surface area contributed by atoms with Gasteiger partial charge in [0.05, 0.1) is 13.2 Å². The van der Waals surface area contributed by atoms with Gasteiger partial charge in [-0.25, -0.2) is 4.39 Å². The molecular formula is C13H16BrFO2. The molecule has 2 rings (SSSR count). The molecule has 1 heterocycles. The highest BCUT2D eigenvalue weighted by Gasteiger charge is 2.32. The van der Waals surface area contributed by atoms with E-state index < -0.39 is 0 Å². The smallest absolute Gasteiger partial charge is 0.123 e. The molecule has 3 unspecified atom stereocenters. The first kappa shape index (κ1) is 12.8. The van der Waals surface area contributed by atoms with Crippen molar-refractivity contribution in [3.05, 3.63) is 29.6 Å². The van der Waals surface area contributed by atoms with Crippen molar-refractivity contribution in [2.45, 2.75) is 24.3 Å². The molecule has 0 aliphatic carbocycles. The lowest BCUT2D eigenvalue weighted by Gasteiger charge is -2.22. The number of hydrogen-bond acceptors (Lipinski definition) is 2. The van der Waals surface area contributed by atoms with Crippen LogP contribution in [0, 0.1) is 11.7 Å². The first-order valence-electron chi connectivity index (χ1n) is 5.72. The highest BCUT2D eigenvalue weighted by atomic mass is 79.9. The zero-order valence-electron chi connectivity index (χ0n) is 9.95. The summed E-state index contributed by atoms with van der Waals surface area (Å²) in [7, 11) is 1.60. The van der Waals surface area contributed by atoms with Gasteiger partial charge in [0, 0.05) is 22.9 Å². The topological polar surface area (TPSA) is 18.5 Å². The summed E-state index contributed by atoms with van der Waals surface area (Å²) in [6.45, 7) is 2.82. The molecule has 1 aromatic rings. The Balaban J connectivity index is 2.28. The van der Waals surface area contributed by atoms with Gasteiger partial charge in [0.25, 0.3) is 0 Å². The Morgan fingerprint density at radius 3 is 2.88 bits per heavy atom. The SMILES string of the molecule is COc1ccc(F)cc1C(Br)C1CCOC1C. The summed E-state index contributed by atoms with van der Waals surface area (Å²) in [6.07, 6.45) is 1.17. The molecule has 2 nitrogen and oxygen atoms in total. The third-order valence-corrected chi connectivity index (χ3v) is 4.47. The van der Waals surface area contributed by atoms with Crippen molar-refractivity contribution in [1.29, 1.82) is 0 Å². The number of hydrogen-bond donors (Lipinski definition) is 0. The van der Waals surface area contributed by atoms with Gasteiger partial charge in [-0.05, 0) is 31.5 Å². The molecule has 17 heavy (non-hydrogen) atoms. The molecule has 0 radical (unpaired) electrons. The van der Waals surface area contributed by atoms with E-state index in [0.29, 0.717) is 11.7 Å². The molecule has 1 aromatic carbocycles. The lowest BCUT2D eigenvalue weighted by Crippen LogP contribution is -2.16. The second-order valence-corrected chi connectivity index (χ2v) is 5.30. The minimum atomic E-state index is -0.239. The summed E-state index contributed by atoms with van der Waals surface area (Å²) in [4.78, 5) is 0.0608. The highest BCUT2D eigenvalue weighted by molar-refractivity contribution is 9.09. The van der Waals surface area contributed by atoms with Crippen LogP contribution in [0.5, 0.6) is 5.75 Å². The predicted octanol–water partition coefficient (Wildman–Crippen LogP) is 3.70. The largest absolute Gasteiger partial charge is 0.496 e. The molecule has 1 saturated heterocycles. The Hall–Kier alpha value is -0.610. The molecule has 1 fully saturated rings. The van der Waals surface area contributed by atoms with Crippen LogP contribution in [-0.4, -0.2) is 19.8 Å². The minimum absolute atomic E-state index is 0.0608. The molecule has 1 aliphatic rings. The zero-order valence-corrected chi connectivity index (χ0v) is 11.5. The molecular weight excluding hydrogens is 287 g/mol. The van der Waals surface area contributed by atoms with E-state index in [2.05, 4.69) is 22.9 Å². The summed E-state index contributed by atoms with van der Waals surface area (Å²) >= 11 is 3.65. The predicted molar refractivity (Wildman–Crippen MR) is 68.1 cm³/mol. The van der Waals surface area contributed by atoms with Crippen LogP contribution >= 0.6 is 15.9 Å². The molecule has 1 aliphatic heterocycles. The van der Waals surface area contributed by atoms with Crippen LogP contribution in [-0.2, 0) is 4.74 Å². The first-order chi connectivity index (χ1) is 8.13. The van der Waals surface area contributed by atoms with E-state index in [1.54, 1.807) is 13.2 Å². The van der Waals surface area contributed by atoms with Gasteiger partial charge < -0.3 is 9.47 Å². The average Bonchev–Trinajstić information content (AvgIpc) is 2.74. The van der Waals surface area contributed by atoms with Crippen molar-refractivity contribution in [1.82, 2.24) is 0 Å². The number of alkyl halides is 1. The second kappa shape index (κ2) is 5.36. The van der Waals surface area contributed by atoms with Crippen LogP contribution in [0.15, 0.2) is 18.2 Å². The third-order valence-electron chi connectivity index (χ3n) is 3.30. The number of halogens is 2. The minimum Gasteiger partial charge on any atom is -0.496 e. The van der Waals surface area contributed by atoms with Crippen LogP contribution in [0.25, 0.3) is 0 Å². The molecule has 0 N–H and O–H groups in total. The first-order valence-corrected chi connectivity index (χ1v) is 6.64. The highest BCUT2D eigenvalue weighted by Crippen LogP contribution is 2.42. The van der Waals surface area contributed by atoms with Crippen LogP contribution in [0.4, 0.5) is 4.39 Å². The van der Waals surface area contributed by atoms with Gasteiger partial charge in [-0.15, -0.1) is 0 Å². The van der Waals surface area contributed by atoms with Crippen molar-refractivity contribution in [2.24, 2.45) is 5.92 Å². The summed E-state index contributed by atoms with van der Waals surface area (Å²) in [6, 6.07) is 4.61. The van der Waals surface area contributed by atoms with Crippen molar-refractivity contribution in [3.8, 4) is 5.75 Å². The van der Waals surface area contributed by atoms with Gasteiger partial charge in [-0.3, -0.25) is 0 Å². The Labute approximate surface area is 109 Å². The number of rotatable bonds is 3. The molecule has 4 heteroatoms. The van der Waals surface area contributed by atoms with Crippen molar-refractivity contribution < 1.29 is 13.9 Å². The zero-order chi connectivity index (χ0) is 12.4. The Morgan fingerprint density at radius 2 is 2.29 bits per heavy atom. The number of ether oxygens (including phenoxy) is 2. The Kier molecular flexibility index (Phi) is 4.05. The van der Waals surface area contributed by atoms with Crippen molar-refractivity contribution >= 4 is 15.9 Å². The van der Waals surface area contributed by atoms with Gasteiger partial charge >= 0.3 is 0 Å². The van der Waals surface area contributed by atoms with E-state index in [1.165, 1.54) is 12.1 Å². The summed E-state index contributed by atoms with van der Waals surface area (Å²) in [5, 5.41) is 0. The fraction of sp³-hybridized carbons (Fsp3) is 0.538. The van der Waals surface area contributed by atoms with E-state index in [4.69, 9.17) is 9.47 Å². The molecule has 0 spiro atoms. The summed E-state index contributed by atoms with van der Waals surface area (Å²) in [5.74, 6) is 0.829. The normalized spacial score (nSPS) is 25.9. The van der Waals surface area contributed by atoms with Gasteiger partial charge in [0.2, 0.25) is 0 Å². The maximum atomic E-state index is 13.3. The van der Waals surface area contributed by atoms with Crippen molar-refractivity contribution in [3.63, 3.8) is 0 Å². The maximum absolute atomic E-state index is 13.3. The van der Waals surface area contributed by atoms with E-state index in [0.717, 1.165) is 18.6 Å². The van der Waals surface area contributed by atoms with Crippen LogP contribution in [0.1, 0.15) is 23.7 Å². The molecule has 3 atom stereocenters. The van der Waals surface area contributed by atoms with E-state index in [-0.39, 0.29) is 16.7 Å². The van der Waals surface area contributed by atoms with Crippen LogP contribution < -0.4 is 4.74 Å². The van der Waals surface area contributed by atoms with Gasteiger partial charge in [-0.1, -0.05) is 15.9 Å². The second-order valence-electron chi connectivity index (χ2n) is 4.32. The van der Waals surface area contributed by atoms with E-state index in [1.807, 2.05) is 0 Å². The van der Waals surface area contributed by atoms with Crippen LogP contribution in [0.2, 0.25) is 0 Å². The number of benzene rings is 1. The van der Waals surface area contributed by atoms with Gasteiger partial charge in [-0.2, -0.15) is 0 Å². The molecule has 94 valence electrons. The molecule has 0 aromatic heterocycles. The van der Waals surface area contributed by atoms with Crippen molar-refractivity contribution in [2.75, 3.05) is 13.7 Å².